The molecule has 0 fully saturated rings. The van der Waals surface area contributed by atoms with Crippen LogP contribution in [-0.2, 0) is 30.4 Å². The third-order valence-electron chi connectivity index (χ3n) is 6.54. The highest BCUT2D eigenvalue weighted by atomic mass is 16.4. The van der Waals surface area contributed by atoms with Gasteiger partial charge in [-0.05, 0) is 43.7 Å². The first-order chi connectivity index (χ1) is 20.3. The standard InChI is InChI=1S/C28H43N9O6/c1-15(2)11-21(37-25(41)19(29)8-6-10-32-28(30)31)27(43)35-16(3)24(40)36-22(26(42)34-14-23(38)39)12-17-13-33-20-9-5-4-7-18(17)20/h4-5,7,9,13,15-16,19,21-22,33H,6,8,10-12,14,29H2,1-3H3,(H,34,42)(H,35,43)(H,36,40)(H,37,41)(H,38,39)(H4,30,31,32)/t16-,19-,21-,22-/m0/s1. The Hall–Kier alpha value is -4.66. The van der Waals surface area contributed by atoms with Gasteiger partial charge in [-0.3, -0.25) is 29.0 Å². The second-order valence-electron chi connectivity index (χ2n) is 10.7. The van der Waals surface area contributed by atoms with Gasteiger partial charge in [-0.1, -0.05) is 32.0 Å². The van der Waals surface area contributed by atoms with Crippen LogP contribution in [0, 0.1) is 5.92 Å². The van der Waals surface area contributed by atoms with Gasteiger partial charge in [-0.15, -0.1) is 0 Å². The lowest BCUT2D eigenvalue weighted by Gasteiger charge is -2.25. The van der Waals surface area contributed by atoms with Crippen molar-refractivity contribution in [1.29, 1.82) is 0 Å². The molecule has 1 aromatic heterocycles. The van der Waals surface area contributed by atoms with Crippen LogP contribution in [0.2, 0.25) is 0 Å². The van der Waals surface area contributed by atoms with Crippen molar-refractivity contribution in [3.63, 3.8) is 0 Å². The van der Waals surface area contributed by atoms with E-state index in [4.69, 9.17) is 22.3 Å². The molecule has 0 unspecified atom stereocenters. The number of nitrogens with two attached hydrogens (primary N) is 3. The molecular weight excluding hydrogens is 558 g/mol. The van der Waals surface area contributed by atoms with Crippen molar-refractivity contribution in [2.75, 3.05) is 13.1 Å². The molecule has 0 spiro atoms. The number of carboxylic acids is 1. The highest BCUT2D eigenvalue weighted by Crippen LogP contribution is 2.19. The van der Waals surface area contributed by atoms with Crippen molar-refractivity contribution < 1.29 is 29.1 Å². The van der Waals surface area contributed by atoms with Gasteiger partial charge >= 0.3 is 5.97 Å². The van der Waals surface area contributed by atoms with Gasteiger partial charge < -0.3 is 48.6 Å². The van der Waals surface area contributed by atoms with Crippen molar-refractivity contribution in [2.24, 2.45) is 28.1 Å². The molecule has 4 atom stereocenters. The molecule has 236 valence electrons. The van der Waals surface area contributed by atoms with Crippen LogP contribution < -0.4 is 38.5 Å². The van der Waals surface area contributed by atoms with Crippen molar-refractivity contribution in [3.05, 3.63) is 36.0 Å². The smallest absolute Gasteiger partial charge is 0.322 e. The normalized spacial score (nSPS) is 13.8. The summed E-state index contributed by atoms with van der Waals surface area (Å²) in [5, 5.41) is 20.0. The van der Waals surface area contributed by atoms with Crippen LogP contribution in [0.3, 0.4) is 0 Å². The molecule has 15 nitrogen and oxygen atoms in total. The van der Waals surface area contributed by atoms with E-state index >= 15 is 0 Å². The summed E-state index contributed by atoms with van der Waals surface area (Å²) in [5.41, 5.74) is 18.1. The fourth-order valence-corrected chi connectivity index (χ4v) is 4.32. The predicted octanol–water partition coefficient (Wildman–Crippen LogP) is -1.19. The molecule has 0 saturated carbocycles. The molecule has 43 heavy (non-hydrogen) atoms. The van der Waals surface area contributed by atoms with Crippen LogP contribution in [0.4, 0.5) is 0 Å². The van der Waals surface area contributed by atoms with Gasteiger partial charge in [0.2, 0.25) is 23.6 Å². The number of nitrogens with one attached hydrogen (secondary N) is 5. The number of amides is 4. The van der Waals surface area contributed by atoms with E-state index in [1.54, 1.807) is 6.20 Å². The van der Waals surface area contributed by atoms with E-state index in [0.29, 0.717) is 19.4 Å². The van der Waals surface area contributed by atoms with E-state index in [-0.39, 0.29) is 24.7 Å². The van der Waals surface area contributed by atoms with Gasteiger partial charge in [-0.25, -0.2) is 0 Å². The zero-order chi connectivity index (χ0) is 32.1. The zero-order valence-electron chi connectivity index (χ0n) is 24.7. The summed E-state index contributed by atoms with van der Waals surface area (Å²) < 4.78 is 0. The fourth-order valence-electron chi connectivity index (χ4n) is 4.32. The monoisotopic (exact) mass is 601 g/mol. The van der Waals surface area contributed by atoms with Crippen LogP contribution in [0.5, 0.6) is 0 Å². The number of carbonyl (C=O) groups excluding carboxylic acids is 4. The van der Waals surface area contributed by atoms with E-state index in [9.17, 15) is 24.0 Å². The summed E-state index contributed by atoms with van der Waals surface area (Å²) in [6, 6.07) is 3.32. The largest absolute Gasteiger partial charge is 0.480 e. The lowest BCUT2D eigenvalue weighted by atomic mass is 10.0. The molecule has 0 aliphatic heterocycles. The Morgan fingerprint density at radius 1 is 0.930 bits per heavy atom. The van der Waals surface area contributed by atoms with E-state index in [1.807, 2.05) is 38.1 Å². The number of hydrogen-bond acceptors (Lipinski definition) is 7. The number of benzene rings is 1. The number of fused-ring (bicyclic) bond motifs is 1. The highest BCUT2D eigenvalue weighted by molar-refractivity contribution is 5.95. The minimum absolute atomic E-state index is 0.0248. The molecule has 0 bridgehead atoms. The summed E-state index contributed by atoms with van der Waals surface area (Å²) in [7, 11) is 0. The molecule has 4 amide bonds. The Morgan fingerprint density at radius 3 is 2.26 bits per heavy atom. The van der Waals surface area contributed by atoms with Crippen LogP contribution in [-0.4, -0.2) is 82.9 Å². The van der Waals surface area contributed by atoms with Gasteiger partial charge in [0.1, 0.15) is 24.7 Å². The van der Waals surface area contributed by atoms with Crippen molar-refractivity contribution in [1.82, 2.24) is 26.3 Å². The first kappa shape index (κ1) is 34.5. The van der Waals surface area contributed by atoms with Crippen LogP contribution in [0.1, 0.15) is 45.6 Å². The van der Waals surface area contributed by atoms with Crippen LogP contribution in [0.15, 0.2) is 35.5 Å². The van der Waals surface area contributed by atoms with E-state index in [1.165, 1.54) is 6.92 Å². The average Bonchev–Trinajstić information content (AvgIpc) is 3.35. The zero-order valence-corrected chi connectivity index (χ0v) is 24.7. The Balaban J connectivity index is 2.08. The van der Waals surface area contributed by atoms with Gasteiger partial charge in [0.05, 0.1) is 6.04 Å². The fraction of sp³-hybridized carbons (Fsp3) is 0.500. The number of carbonyl (C=O) groups is 5. The summed E-state index contributed by atoms with van der Waals surface area (Å²) >= 11 is 0. The molecule has 15 heteroatoms. The number of hydrogen-bond donors (Lipinski definition) is 9. The number of aromatic amines is 1. The van der Waals surface area contributed by atoms with E-state index in [2.05, 4.69) is 31.2 Å². The quantitative estimate of drug-likeness (QED) is 0.0599. The van der Waals surface area contributed by atoms with E-state index < -0.39 is 60.3 Å². The first-order valence-electron chi connectivity index (χ1n) is 14.0. The molecule has 1 aromatic carbocycles. The van der Waals surface area contributed by atoms with Gasteiger partial charge in [-0.2, -0.15) is 0 Å². The maximum absolute atomic E-state index is 13.1. The molecular formula is C28H43N9O6. The number of guanidine groups is 1. The van der Waals surface area contributed by atoms with Gasteiger partial charge in [0.25, 0.3) is 0 Å². The minimum atomic E-state index is -1.24. The molecule has 1 heterocycles. The first-order valence-corrected chi connectivity index (χ1v) is 14.0. The maximum atomic E-state index is 13.1. The third-order valence-corrected chi connectivity index (χ3v) is 6.54. The van der Waals surface area contributed by atoms with Crippen LogP contribution in [0.25, 0.3) is 10.9 Å². The van der Waals surface area contributed by atoms with Gasteiger partial charge in [0, 0.05) is 30.1 Å². The molecule has 2 rings (SSSR count). The highest BCUT2D eigenvalue weighted by Gasteiger charge is 2.29. The predicted molar refractivity (Wildman–Crippen MR) is 161 cm³/mol. The minimum Gasteiger partial charge on any atom is -0.480 e. The number of rotatable bonds is 17. The second kappa shape index (κ2) is 16.7. The number of carboxylic acid groups (broad SMARTS) is 1. The molecule has 0 aliphatic rings. The number of aliphatic carboxylic acids is 1. The maximum Gasteiger partial charge on any atom is 0.322 e. The molecule has 0 saturated heterocycles. The number of aromatic nitrogens is 1. The second-order valence-corrected chi connectivity index (χ2v) is 10.7. The molecule has 12 N–H and O–H groups in total. The summed E-state index contributed by atoms with van der Waals surface area (Å²) in [6.07, 6.45) is 2.82. The lowest BCUT2D eigenvalue weighted by molar-refractivity contribution is -0.138. The Kier molecular flexibility index (Phi) is 13.4. The topological polar surface area (TPSA) is 260 Å². The number of H-pyrrole nitrogens is 1. The number of para-hydroxylation sites is 1. The summed E-state index contributed by atoms with van der Waals surface area (Å²) in [5.74, 6) is -3.77. The molecule has 2 aromatic rings. The number of aliphatic imine (C=N–C) groups is 1. The molecule has 0 radical (unpaired) electrons. The van der Waals surface area contributed by atoms with E-state index in [0.717, 1.165) is 16.5 Å². The van der Waals surface area contributed by atoms with Crippen molar-refractivity contribution >= 4 is 46.5 Å². The molecule has 0 aliphatic carbocycles. The summed E-state index contributed by atoms with van der Waals surface area (Å²) in [4.78, 5) is 69.8. The van der Waals surface area contributed by atoms with Crippen molar-refractivity contribution in [2.45, 2.75) is 70.6 Å². The average molecular weight is 602 g/mol. The Morgan fingerprint density at radius 2 is 1.60 bits per heavy atom. The van der Waals surface area contributed by atoms with Crippen molar-refractivity contribution in [3.8, 4) is 0 Å². The Labute approximate surface area is 249 Å². The van der Waals surface area contributed by atoms with Crippen LogP contribution >= 0.6 is 0 Å². The van der Waals surface area contributed by atoms with Gasteiger partial charge in [0.15, 0.2) is 5.96 Å². The number of nitrogens with zero attached hydrogens (tertiary/aromatic N) is 1. The SMILES string of the molecule is CC(C)C[C@H](NC(=O)[C@@H](N)CCCN=C(N)N)C(=O)N[C@@H](C)C(=O)N[C@@H](Cc1c[nH]c2ccccc12)C(=O)NCC(=O)O. The third kappa shape index (κ3) is 11.6. The Bertz CT molecular complexity index is 1300. The lowest BCUT2D eigenvalue weighted by Crippen LogP contribution is -2.57. The summed E-state index contributed by atoms with van der Waals surface area (Å²) in [6.45, 7) is 4.88.